The van der Waals surface area contributed by atoms with Crippen LogP contribution >= 0.6 is 0 Å². The second-order valence-electron chi connectivity index (χ2n) is 4.43. The van der Waals surface area contributed by atoms with E-state index in [4.69, 9.17) is 4.74 Å². The summed E-state index contributed by atoms with van der Waals surface area (Å²) < 4.78 is 4.71. The largest absolute Gasteiger partial charge is 0.469 e. The van der Waals surface area contributed by atoms with Crippen molar-refractivity contribution in [2.24, 2.45) is 5.92 Å². The number of nitrogens with zero attached hydrogens (tertiary/aromatic N) is 1. The average Bonchev–Trinajstić information content (AvgIpc) is 2.13. The molecule has 0 saturated carbocycles. The topological polar surface area (TPSA) is 41.6 Å². The lowest BCUT2D eigenvalue weighted by Crippen LogP contribution is -2.45. The highest BCUT2D eigenvalue weighted by Gasteiger charge is 2.21. The van der Waals surface area contributed by atoms with Crippen molar-refractivity contribution in [3.63, 3.8) is 0 Å². The molecule has 4 nitrogen and oxygen atoms in total. The summed E-state index contributed by atoms with van der Waals surface area (Å²) in [6, 6.07) is 0.495. The van der Waals surface area contributed by atoms with E-state index in [-0.39, 0.29) is 17.9 Å². The molecule has 0 amide bonds. The quantitative estimate of drug-likeness (QED) is 0.664. The van der Waals surface area contributed by atoms with Crippen LogP contribution in [0.25, 0.3) is 0 Å². The average molecular weight is 216 g/mol. The summed E-state index contributed by atoms with van der Waals surface area (Å²) in [7, 11) is 5.49. The summed E-state index contributed by atoms with van der Waals surface area (Å²) >= 11 is 0. The Hall–Kier alpha value is -0.610. The zero-order valence-corrected chi connectivity index (χ0v) is 10.7. The van der Waals surface area contributed by atoms with E-state index in [0.717, 1.165) is 6.54 Å². The first kappa shape index (κ1) is 14.4. The standard InChI is InChI=1S/C11H24N2O2/c1-8(7-13(4)5)12-10(3)9(2)11(14)15-6/h8-10,12H,7H2,1-6H3. The van der Waals surface area contributed by atoms with Gasteiger partial charge in [0.25, 0.3) is 0 Å². The number of likely N-dealkylation sites (N-methyl/N-ethyl adjacent to an activating group) is 1. The lowest BCUT2D eigenvalue weighted by molar-refractivity contribution is -0.145. The van der Waals surface area contributed by atoms with Crippen LogP contribution in [0.2, 0.25) is 0 Å². The van der Waals surface area contributed by atoms with Crippen molar-refractivity contribution < 1.29 is 9.53 Å². The SMILES string of the molecule is COC(=O)C(C)C(C)NC(C)CN(C)C. The number of nitrogens with one attached hydrogen (secondary N) is 1. The molecule has 0 spiro atoms. The van der Waals surface area contributed by atoms with Crippen molar-refractivity contribution in [2.45, 2.75) is 32.9 Å². The van der Waals surface area contributed by atoms with Gasteiger partial charge in [0.05, 0.1) is 13.0 Å². The van der Waals surface area contributed by atoms with Crippen LogP contribution in [0.3, 0.4) is 0 Å². The van der Waals surface area contributed by atoms with Crippen LogP contribution in [0, 0.1) is 5.92 Å². The molecule has 3 unspecified atom stereocenters. The number of methoxy groups -OCH3 is 1. The van der Waals surface area contributed by atoms with Crippen molar-refractivity contribution in [1.82, 2.24) is 10.2 Å². The maximum absolute atomic E-state index is 11.3. The minimum atomic E-state index is -0.160. The highest BCUT2D eigenvalue weighted by molar-refractivity contribution is 5.72. The van der Waals surface area contributed by atoms with E-state index in [1.165, 1.54) is 7.11 Å². The molecule has 0 rings (SSSR count). The van der Waals surface area contributed by atoms with Gasteiger partial charge in [0.1, 0.15) is 0 Å². The Bertz CT molecular complexity index is 195. The number of rotatable bonds is 6. The number of carbonyl (C=O) groups is 1. The Morgan fingerprint density at radius 1 is 1.33 bits per heavy atom. The van der Waals surface area contributed by atoms with Gasteiger partial charge in [-0.2, -0.15) is 0 Å². The fourth-order valence-electron chi connectivity index (χ4n) is 1.58. The van der Waals surface area contributed by atoms with Crippen molar-refractivity contribution in [3.05, 3.63) is 0 Å². The molecule has 0 aliphatic heterocycles. The molecule has 4 heteroatoms. The third-order valence-electron chi connectivity index (χ3n) is 2.51. The van der Waals surface area contributed by atoms with Crippen LogP contribution in [-0.2, 0) is 9.53 Å². The smallest absolute Gasteiger partial charge is 0.309 e. The van der Waals surface area contributed by atoms with E-state index in [1.807, 2.05) is 27.9 Å². The monoisotopic (exact) mass is 216 g/mol. The second-order valence-corrected chi connectivity index (χ2v) is 4.43. The first-order valence-electron chi connectivity index (χ1n) is 5.37. The summed E-state index contributed by atoms with van der Waals surface area (Å²) in [5, 5.41) is 3.38. The normalized spacial score (nSPS) is 17.3. The summed E-state index contributed by atoms with van der Waals surface area (Å²) in [4.78, 5) is 13.4. The third kappa shape index (κ3) is 5.74. The molecule has 0 aliphatic carbocycles. The lowest BCUT2D eigenvalue weighted by atomic mass is 10.0. The molecule has 15 heavy (non-hydrogen) atoms. The fourth-order valence-corrected chi connectivity index (χ4v) is 1.58. The van der Waals surface area contributed by atoms with E-state index >= 15 is 0 Å². The van der Waals surface area contributed by atoms with Crippen LogP contribution in [0.1, 0.15) is 20.8 Å². The highest BCUT2D eigenvalue weighted by atomic mass is 16.5. The van der Waals surface area contributed by atoms with Gasteiger partial charge in [-0.3, -0.25) is 4.79 Å². The van der Waals surface area contributed by atoms with Gasteiger partial charge < -0.3 is 15.0 Å². The van der Waals surface area contributed by atoms with Crippen molar-refractivity contribution in [1.29, 1.82) is 0 Å². The Balaban J connectivity index is 4.00. The van der Waals surface area contributed by atoms with E-state index in [1.54, 1.807) is 0 Å². The Labute approximate surface area is 93.0 Å². The lowest BCUT2D eigenvalue weighted by Gasteiger charge is -2.25. The minimum Gasteiger partial charge on any atom is -0.469 e. The molecular formula is C11H24N2O2. The van der Waals surface area contributed by atoms with Gasteiger partial charge in [-0.15, -0.1) is 0 Å². The molecule has 0 aromatic rings. The maximum Gasteiger partial charge on any atom is 0.309 e. The minimum absolute atomic E-state index is 0.111. The van der Waals surface area contributed by atoms with Gasteiger partial charge >= 0.3 is 5.97 Å². The van der Waals surface area contributed by atoms with Crippen molar-refractivity contribution in [2.75, 3.05) is 27.7 Å². The Morgan fingerprint density at radius 3 is 2.27 bits per heavy atom. The van der Waals surface area contributed by atoms with Crippen molar-refractivity contribution in [3.8, 4) is 0 Å². The molecule has 90 valence electrons. The molecule has 1 N–H and O–H groups in total. The molecular weight excluding hydrogens is 192 g/mol. The van der Waals surface area contributed by atoms with Crippen LogP contribution in [0.15, 0.2) is 0 Å². The first-order valence-corrected chi connectivity index (χ1v) is 5.37. The van der Waals surface area contributed by atoms with Gasteiger partial charge in [-0.05, 0) is 27.9 Å². The number of esters is 1. The predicted octanol–water partition coefficient (Wildman–Crippen LogP) is 0.724. The Morgan fingerprint density at radius 2 is 1.87 bits per heavy atom. The van der Waals surface area contributed by atoms with E-state index in [0.29, 0.717) is 6.04 Å². The van der Waals surface area contributed by atoms with Gasteiger partial charge in [-0.25, -0.2) is 0 Å². The summed E-state index contributed by atoms with van der Waals surface area (Å²) in [5.74, 6) is -0.272. The van der Waals surface area contributed by atoms with Gasteiger partial charge in [0, 0.05) is 18.6 Å². The molecule has 0 bridgehead atoms. The summed E-state index contributed by atoms with van der Waals surface area (Å²) in [5.41, 5.74) is 0. The zero-order chi connectivity index (χ0) is 12.0. The number of carbonyl (C=O) groups excluding carboxylic acids is 1. The first-order chi connectivity index (χ1) is 6.88. The summed E-state index contributed by atoms with van der Waals surface area (Å²) in [6.07, 6.45) is 0. The van der Waals surface area contributed by atoms with E-state index in [9.17, 15) is 4.79 Å². The predicted molar refractivity (Wildman–Crippen MR) is 61.8 cm³/mol. The van der Waals surface area contributed by atoms with E-state index < -0.39 is 0 Å². The number of ether oxygens (including phenoxy) is 1. The van der Waals surface area contributed by atoms with Crippen LogP contribution in [-0.4, -0.2) is 50.7 Å². The molecule has 0 fully saturated rings. The summed E-state index contributed by atoms with van der Waals surface area (Å²) in [6.45, 7) is 6.96. The molecule has 0 saturated heterocycles. The number of hydrogen-bond donors (Lipinski definition) is 1. The van der Waals surface area contributed by atoms with Gasteiger partial charge in [0.15, 0.2) is 0 Å². The Kier molecular flexibility index (Phi) is 6.52. The number of hydrogen-bond acceptors (Lipinski definition) is 4. The van der Waals surface area contributed by atoms with Crippen molar-refractivity contribution >= 4 is 5.97 Å². The molecule has 3 atom stereocenters. The molecule has 0 aromatic heterocycles. The second kappa shape index (κ2) is 6.80. The van der Waals surface area contributed by atoms with Crippen LogP contribution in [0.5, 0.6) is 0 Å². The molecule has 0 radical (unpaired) electrons. The van der Waals surface area contributed by atoms with Crippen LogP contribution in [0.4, 0.5) is 0 Å². The van der Waals surface area contributed by atoms with Gasteiger partial charge in [-0.1, -0.05) is 6.92 Å². The maximum atomic E-state index is 11.3. The molecule has 0 aliphatic rings. The fraction of sp³-hybridized carbons (Fsp3) is 0.909. The van der Waals surface area contributed by atoms with E-state index in [2.05, 4.69) is 17.1 Å². The molecule has 0 heterocycles. The zero-order valence-electron chi connectivity index (χ0n) is 10.7. The third-order valence-corrected chi connectivity index (χ3v) is 2.51. The van der Waals surface area contributed by atoms with Crippen LogP contribution < -0.4 is 5.32 Å². The highest BCUT2D eigenvalue weighted by Crippen LogP contribution is 2.05. The van der Waals surface area contributed by atoms with Gasteiger partial charge in [0.2, 0.25) is 0 Å². The molecule has 0 aromatic carbocycles.